The van der Waals surface area contributed by atoms with Gasteiger partial charge in [0.1, 0.15) is 6.04 Å². The van der Waals surface area contributed by atoms with Crippen LogP contribution in [0.2, 0.25) is 0 Å². The number of nitrogens with zero attached hydrogens (tertiary/aromatic N) is 3. The Bertz CT molecular complexity index is 824. The largest absolute Gasteiger partial charge is 0.335 e. The number of imide groups is 1. The van der Waals surface area contributed by atoms with Crippen molar-refractivity contribution in [3.05, 3.63) is 35.9 Å². The van der Waals surface area contributed by atoms with Crippen LogP contribution in [0.3, 0.4) is 0 Å². The molecule has 0 radical (unpaired) electrons. The zero-order valence-corrected chi connectivity index (χ0v) is 16.2. The van der Waals surface area contributed by atoms with Crippen molar-refractivity contribution < 1.29 is 19.2 Å². The third-order valence-electron chi connectivity index (χ3n) is 6.33. The molecule has 4 amide bonds. The molecule has 148 valence electrons. The molecule has 3 aliphatic rings. The number of hydrogen-bond donors (Lipinski definition) is 0. The van der Waals surface area contributed by atoms with Gasteiger partial charge < -0.3 is 9.80 Å². The van der Waals surface area contributed by atoms with E-state index in [-0.39, 0.29) is 35.7 Å². The van der Waals surface area contributed by atoms with Gasteiger partial charge in [0.15, 0.2) is 0 Å². The standard InChI is InChI=1S/C21H25N3O4/c1-13-18-16(24(14(2)25)19(13)26)10-12-23(18)21(28)17-9-6-11-22(17)20(27)15-7-4-3-5-8-15/h3-5,7-8,13,16-18H,6,9-12H2,1-2H3/t13-,16-,17?,18+/m1/s1. The fraction of sp³-hybridized carbons (Fsp3) is 0.524. The minimum absolute atomic E-state index is 0.0978. The molecule has 4 rings (SSSR count). The van der Waals surface area contributed by atoms with Crippen LogP contribution in [0, 0.1) is 5.92 Å². The summed E-state index contributed by atoms with van der Waals surface area (Å²) in [5.74, 6) is -1.10. The van der Waals surface area contributed by atoms with Crippen LogP contribution in [-0.2, 0) is 14.4 Å². The first-order chi connectivity index (χ1) is 13.4. The third kappa shape index (κ3) is 2.80. The number of rotatable bonds is 2. The van der Waals surface area contributed by atoms with Crippen LogP contribution in [0.4, 0.5) is 0 Å². The van der Waals surface area contributed by atoms with Gasteiger partial charge in [-0.25, -0.2) is 0 Å². The van der Waals surface area contributed by atoms with Crippen LogP contribution in [0.25, 0.3) is 0 Å². The Kier molecular flexibility index (Phi) is 4.69. The Labute approximate surface area is 164 Å². The number of likely N-dealkylation sites (tertiary alicyclic amines) is 3. The molecule has 1 aromatic carbocycles. The number of benzene rings is 1. The SMILES string of the molecule is CC(=O)N1C(=O)[C@H](C)[C@H]2[C@H]1CCN2C(=O)C1CCCN1C(=O)c1ccccc1. The van der Waals surface area contributed by atoms with E-state index in [9.17, 15) is 19.2 Å². The van der Waals surface area contributed by atoms with Gasteiger partial charge in [-0.15, -0.1) is 0 Å². The summed E-state index contributed by atoms with van der Waals surface area (Å²) in [4.78, 5) is 55.5. The van der Waals surface area contributed by atoms with Crippen molar-refractivity contribution in [3.63, 3.8) is 0 Å². The second-order valence-corrected chi connectivity index (χ2v) is 7.92. The lowest BCUT2D eigenvalue weighted by atomic mass is 10.0. The maximum absolute atomic E-state index is 13.4. The first-order valence-corrected chi connectivity index (χ1v) is 9.92. The Morgan fingerprint density at radius 3 is 2.39 bits per heavy atom. The van der Waals surface area contributed by atoms with Crippen molar-refractivity contribution in [2.45, 2.75) is 51.2 Å². The average molecular weight is 383 g/mol. The summed E-state index contributed by atoms with van der Waals surface area (Å²) in [7, 11) is 0. The van der Waals surface area contributed by atoms with Gasteiger partial charge in [0.2, 0.25) is 17.7 Å². The van der Waals surface area contributed by atoms with Crippen LogP contribution in [0.1, 0.15) is 43.5 Å². The number of carbonyl (C=O) groups excluding carboxylic acids is 4. The topological polar surface area (TPSA) is 78.0 Å². The van der Waals surface area contributed by atoms with Crippen molar-refractivity contribution in [2.24, 2.45) is 5.92 Å². The third-order valence-corrected chi connectivity index (χ3v) is 6.33. The Morgan fingerprint density at radius 2 is 1.71 bits per heavy atom. The van der Waals surface area contributed by atoms with Crippen molar-refractivity contribution >= 4 is 23.6 Å². The van der Waals surface area contributed by atoms with Gasteiger partial charge in [-0.1, -0.05) is 25.1 Å². The first-order valence-electron chi connectivity index (χ1n) is 9.92. The maximum atomic E-state index is 13.4. The zero-order chi connectivity index (χ0) is 20.0. The van der Waals surface area contributed by atoms with Gasteiger partial charge >= 0.3 is 0 Å². The van der Waals surface area contributed by atoms with Gasteiger partial charge in [0.05, 0.1) is 18.0 Å². The molecule has 7 nitrogen and oxygen atoms in total. The van der Waals surface area contributed by atoms with E-state index in [1.807, 2.05) is 18.2 Å². The molecule has 3 aliphatic heterocycles. The normalized spacial score (nSPS) is 29.4. The van der Waals surface area contributed by atoms with Gasteiger partial charge in [-0.05, 0) is 31.4 Å². The van der Waals surface area contributed by atoms with E-state index in [0.717, 1.165) is 6.42 Å². The predicted octanol–water partition coefficient (Wildman–Crippen LogP) is 1.29. The van der Waals surface area contributed by atoms with E-state index in [2.05, 4.69) is 0 Å². The minimum Gasteiger partial charge on any atom is -0.335 e. The summed E-state index contributed by atoms with van der Waals surface area (Å²) >= 11 is 0. The molecule has 7 heteroatoms. The van der Waals surface area contributed by atoms with E-state index in [1.54, 1.807) is 28.9 Å². The van der Waals surface area contributed by atoms with E-state index in [1.165, 1.54) is 11.8 Å². The van der Waals surface area contributed by atoms with Crippen LogP contribution in [-0.4, -0.2) is 69.5 Å². The summed E-state index contributed by atoms with van der Waals surface area (Å²) in [5.41, 5.74) is 0.577. The first kappa shape index (κ1) is 18.7. The fourth-order valence-electron chi connectivity index (χ4n) is 5.06. The molecule has 0 N–H and O–H groups in total. The van der Waals surface area contributed by atoms with Crippen LogP contribution in [0.15, 0.2) is 30.3 Å². The quantitative estimate of drug-likeness (QED) is 0.771. The van der Waals surface area contributed by atoms with Gasteiger partial charge in [-0.3, -0.25) is 24.1 Å². The zero-order valence-electron chi connectivity index (χ0n) is 16.2. The molecular weight excluding hydrogens is 358 g/mol. The van der Waals surface area contributed by atoms with E-state index >= 15 is 0 Å². The summed E-state index contributed by atoms with van der Waals surface area (Å²) in [6.45, 7) is 4.25. The molecule has 4 atom stereocenters. The highest BCUT2D eigenvalue weighted by molar-refractivity contribution is 6.00. The molecule has 0 aromatic heterocycles. The van der Waals surface area contributed by atoms with Crippen LogP contribution < -0.4 is 0 Å². The van der Waals surface area contributed by atoms with E-state index < -0.39 is 12.0 Å². The molecule has 1 aromatic rings. The molecule has 3 fully saturated rings. The Morgan fingerprint density at radius 1 is 1.00 bits per heavy atom. The molecule has 28 heavy (non-hydrogen) atoms. The van der Waals surface area contributed by atoms with E-state index in [4.69, 9.17) is 0 Å². The number of fused-ring (bicyclic) bond motifs is 1. The number of amides is 4. The lowest BCUT2D eigenvalue weighted by molar-refractivity contribution is -0.143. The second-order valence-electron chi connectivity index (χ2n) is 7.92. The highest BCUT2D eigenvalue weighted by atomic mass is 16.2. The van der Waals surface area contributed by atoms with Crippen molar-refractivity contribution in [1.29, 1.82) is 0 Å². The summed E-state index contributed by atoms with van der Waals surface area (Å²) in [5, 5.41) is 0. The number of hydrogen-bond acceptors (Lipinski definition) is 4. The summed E-state index contributed by atoms with van der Waals surface area (Å²) in [6, 6.07) is 7.96. The number of carbonyl (C=O) groups is 4. The van der Waals surface area contributed by atoms with Gasteiger partial charge in [-0.2, -0.15) is 0 Å². The molecule has 3 saturated heterocycles. The molecule has 3 heterocycles. The maximum Gasteiger partial charge on any atom is 0.254 e. The van der Waals surface area contributed by atoms with Crippen LogP contribution >= 0.6 is 0 Å². The minimum atomic E-state index is -0.500. The average Bonchev–Trinajstić information content (AvgIpc) is 3.39. The molecular formula is C21H25N3O4. The summed E-state index contributed by atoms with van der Waals surface area (Å²) in [6.07, 6.45) is 2.01. The lowest BCUT2D eigenvalue weighted by Crippen LogP contribution is -2.51. The monoisotopic (exact) mass is 383 g/mol. The molecule has 0 bridgehead atoms. The van der Waals surface area contributed by atoms with Crippen LogP contribution in [0.5, 0.6) is 0 Å². The highest BCUT2D eigenvalue weighted by Crippen LogP contribution is 2.37. The summed E-state index contributed by atoms with van der Waals surface area (Å²) < 4.78 is 0. The lowest BCUT2D eigenvalue weighted by Gasteiger charge is -2.32. The van der Waals surface area contributed by atoms with Crippen molar-refractivity contribution in [1.82, 2.24) is 14.7 Å². The molecule has 0 saturated carbocycles. The molecule has 1 unspecified atom stereocenters. The smallest absolute Gasteiger partial charge is 0.254 e. The second kappa shape index (κ2) is 7.04. The fourth-order valence-corrected chi connectivity index (χ4v) is 5.06. The van der Waals surface area contributed by atoms with Gasteiger partial charge in [0.25, 0.3) is 5.91 Å². The van der Waals surface area contributed by atoms with Crippen molar-refractivity contribution in [2.75, 3.05) is 13.1 Å². The Balaban J connectivity index is 1.55. The highest BCUT2D eigenvalue weighted by Gasteiger charge is 2.55. The molecule has 0 spiro atoms. The van der Waals surface area contributed by atoms with Crippen molar-refractivity contribution in [3.8, 4) is 0 Å². The predicted molar refractivity (Wildman–Crippen MR) is 101 cm³/mol. The molecule has 0 aliphatic carbocycles. The van der Waals surface area contributed by atoms with Gasteiger partial charge in [0, 0.05) is 25.6 Å². The van der Waals surface area contributed by atoms with E-state index in [0.29, 0.717) is 31.5 Å². The Hall–Kier alpha value is -2.70.